The van der Waals surface area contributed by atoms with E-state index >= 15 is 0 Å². The summed E-state index contributed by atoms with van der Waals surface area (Å²) in [5.74, 6) is 1.34. The highest BCUT2D eigenvalue weighted by Gasteiger charge is 2.68. The highest BCUT2D eigenvalue weighted by atomic mass is 16.5. The number of ketones is 1. The van der Waals surface area contributed by atoms with Gasteiger partial charge in [0.2, 0.25) is 0 Å². The molecule has 0 spiro atoms. The second-order valence-corrected chi connectivity index (χ2v) is 7.04. The third-order valence-corrected chi connectivity index (χ3v) is 6.10. The summed E-state index contributed by atoms with van der Waals surface area (Å²) >= 11 is 0. The van der Waals surface area contributed by atoms with Crippen molar-refractivity contribution in [2.24, 2.45) is 0 Å². The molecule has 1 saturated carbocycles. The zero-order valence-corrected chi connectivity index (χ0v) is 13.8. The zero-order chi connectivity index (χ0) is 16.4. The molecule has 5 heteroatoms. The number of hydrogen-bond acceptors (Lipinski definition) is 5. The predicted molar refractivity (Wildman–Crippen MR) is 85.1 cm³/mol. The van der Waals surface area contributed by atoms with Crippen LogP contribution in [0.4, 0.5) is 0 Å². The molecule has 4 atom stereocenters. The Kier molecular flexibility index (Phi) is 3.06. The molecule has 5 nitrogen and oxygen atoms in total. The van der Waals surface area contributed by atoms with E-state index in [0.717, 1.165) is 24.1 Å². The minimum Gasteiger partial charge on any atom is -0.493 e. The molecule has 0 bridgehead atoms. The minimum absolute atomic E-state index is 0.0681. The van der Waals surface area contributed by atoms with E-state index in [1.807, 2.05) is 26.0 Å². The molecule has 0 aromatic heterocycles. The third kappa shape index (κ3) is 1.62. The molecule has 2 N–H and O–H groups in total. The van der Waals surface area contributed by atoms with Crippen LogP contribution in [0.3, 0.4) is 0 Å². The smallest absolute Gasteiger partial charge is 0.174 e. The quantitative estimate of drug-likeness (QED) is 0.881. The van der Waals surface area contributed by atoms with E-state index in [4.69, 9.17) is 9.47 Å². The first-order valence-corrected chi connectivity index (χ1v) is 8.32. The van der Waals surface area contributed by atoms with E-state index in [1.165, 1.54) is 0 Å². The molecule has 0 amide bonds. The van der Waals surface area contributed by atoms with Gasteiger partial charge in [-0.15, -0.1) is 0 Å². The van der Waals surface area contributed by atoms with Crippen LogP contribution in [0.5, 0.6) is 11.5 Å². The van der Waals surface area contributed by atoms with Crippen molar-refractivity contribution in [1.29, 1.82) is 0 Å². The van der Waals surface area contributed by atoms with Gasteiger partial charge in [-0.3, -0.25) is 4.79 Å². The van der Waals surface area contributed by atoms with Gasteiger partial charge >= 0.3 is 0 Å². The van der Waals surface area contributed by atoms with Crippen LogP contribution in [0.15, 0.2) is 12.1 Å². The van der Waals surface area contributed by atoms with E-state index in [0.29, 0.717) is 24.3 Å². The number of carbonyl (C=O) groups excluding carboxylic acids is 1. The number of nitrogens with one attached hydrogen (secondary N) is 1. The van der Waals surface area contributed by atoms with Gasteiger partial charge in [0.1, 0.15) is 0 Å². The lowest BCUT2D eigenvalue weighted by Crippen LogP contribution is -2.71. The predicted octanol–water partition coefficient (Wildman–Crippen LogP) is 1.34. The van der Waals surface area contributed by atoms with Crippen LogP contribution < -0.4 is 14.8 Å². The van der Waals surface area contributed by atoms with Crippen LogP contribution >= 0.6 is 0 Å². The Bertz CT molecular complexity index is 688. The van der Waals surface area contributed by atoms with Crippen LogP contribution in [0.25, 0.3) is 0 Å². The van der Waals surface area contributed by atoms with Crippen LogP contribution in [0, 0.1) is 0 Å². The number of hydrogen-bond donors (Lipinski definition) is 2. The van der Waals surface area contributed by atoms with E-state index in [9.17, 15) is 9.90 Å². The number of ether oxygens (including phenoxy) is 2. The van der Waals surface area contributed by atoms with Crippen LogP contribution in [0.1, 0.15) is 37.8 Å². The van der Waals surface area contributed by atoms with Crippen LogP contribution in [-0.4, -0.2) is 42.3 Å². The molecule has 0 radical (unpaired) electrons. The summed E-state index contributed by atoms with van der Waals surface area (Å²) < 4.78 is 11.5. The number of likely N-dealkylation sites (N-methyl/N-ethyl adjacent to an activating group) is 1. The number of methoxy groups -OCH3 is 1. The molecular weight excluding hydrogens is 294 g/mol. The first kappa shape index (κ1) is 15.0. The molecule has 3 aliphatic rings. The molecule has 1 heterocycles. The second kappa shape index (κ2) is 4.71. The average molecular weight is 317 g/mol. The fourth-order valence-corrected chi connectivity index (χ4v) is 4.94. The lowest BCUT2D eigenvalue weighted by atomic mass is 9.53. The normalized spacial score (nSPS) is 37.3. The van der Waals surface area contributed by atoms with Crippen molar-refractivity contribution in [2.75, 3.05) is 13.7 Å². The average Bonchev–Trinajstić information content (AvgIpc) is 2.87. The molecular formula is C18H23NO4. The van der Waals surface area contributed by atoms with Crippen molar-refractivity contribution in [2.45, 2.75) is 56.3 Å². The van der Waals surface area contributed by atoms with E-state index < -0.39 is 17.1 Å². The number of rotatable bonds is 3. The topological polar surface area (TPSA) is 67.8 Å². The maximum Gasteiger partial charge on any atom is 0.174 e. The van der Waals surface area contributed by atoms with Gasteiger partial charge in [-0.2, -0.15) is 0 Å². The van der Waals surface area contributed by atoms with Crippen LogP contribution in [-0.2, 0) is 16.6 Å². The summed E-state index contributed by atoms with van der Waals surface area (Å²) in [6, 6.07) is 3.85. The number of benzene rings is 1. The standard InChI is InChI=1S/C18H23NO4/c1-4-19-13-9-10-5-6-12(22-3)15-14(10)17(2)16(23-15)11(20)7-8-18(13,17)21/h5-6,13,16,19,21H,4,7-9H2,1-3H3/t13?,16-,17-,18+/m0/s1. The van der Waals surface area contributed by atoms with Gasteiger partial charge in [0.15, 0.2) is 23.4 Å². The van der Waals surface area contributed by atoms with Crippen molar-refractivity contribution in [3.05, 3.63) is 23.3 Å². The molecule has 124 valence electrons. The SMILES string of the molecule is CCNC1Cc2ccc(OC)c3c2[C@@]2(C)[C@@H](O3)C(=O)CC[C@@]12O. The summed E-state index contributed by atoms with van der Waals surface area (Å²) in [6.45, 7) is 4.80. The van der Waals surface area contributed by atoms with Gasteiger partial charge in [-0.25, -0.2) is 0 Å². The Morgan fingerprint density at radius 3 is 2.96 bits per heavy atom. The second-order valence-electron chi connectivity index (χ2n) is 7.04. The van der Waals surface area contributed by atoms with Gasteiger partial charge in [0.05, 0.1) is 18.1 Å². The van der Waals surface area contributed by atoms with Gasteiger partial charge in [0.25, 0.3) is 0 Å². The molecule has 1 aromatic carbocycles. The monoisotopic (exact) mass is 317 g/mol. The van der Waals surface area contributed by atoms with Crippen molar-refractivity contribution in [3.8, 4) is 11.5 Å². The van der Waals surface area contributed by atoms with Crippen molar-refractivity contribution in [1.82, 2.24) is 5.32 Å². The molecule has 1 unspecified atom stereocenters. The maximum absolute atomic E-state index is 12.5. The minimum atomic E-state index is -0.994. The Balaban J connectivity index is 1.98. The van der Waals surface area contributed by atoms with Gasteiger partial charge in [0, 0.05) is 18.0 Å². The molecule has 0 saturated heterocycles. The first-order chi connectivity index (χ1) is 11.0. The molecule has 2 aliphatic carbocycles. The van der Waals surface area contributed by atoms with Crippen LogP contribution in [0.2, 0.25) is 0 Å². The number of Topliss-reactive ketones (excluding diaryl/α,β-unsaturated/α-hetero) is 1. The molecule has 1 aliphatic heterocycles. The van der Waals surface area contributed by atoms with Crippen molar-refractivity contribution >= 4 is 5.78 Å². The van der Waals surface area contributed by atoms with Gasteiger partial charge < -0.3 is 19.9 Å². The Hall–Kier alpha value is -1.59. The Morgan fingerprint density at radius 2 is 2.26 bits per heavy atom. The zero-order valence-electron chi connectivity index (χ0n) is 13.8. The summed E-state index contributed by atoms with van der Waals surface area (Å²) in [5, 5.41) is 15.1. The Morgan fingerprint density at radius 1 is 1.48 bits per heavy atom. The summed E-state index contributed by atoms with van der Waals surface area (Å²) in [5.41, 5.74) is 0.376. The highest BCUT2D eigenvalue weighted by Crippen LogP contribution is 2.60. The highest BCUT2D eigenvalue weighted by molar-refractivity contribution is 5.89. The van der Waals surface area contributed by atoms with Crippen molar-refractivity contribution in [3.63, 3.8) is 0 Å². The summed E-state index contributed by atoms with van der Waals surface area (Å²) in [7, 11) is 1.60. The largest absolute Gasteiger partial charge is 0.493 e. The molecule has 4 rings (SSSR count). The number of aliphatic hydroxyl groups is 1. The number of carbonyl (C=O) groups is 1. The first-order valence-electron chi connectivity index (χ1n) is 8.32. The third-order valence-electron chi connectivity index (χ3n) is 6.10. The molecule has 1 aromatic rings. The maximum atomic E-state index is 12.5. The van der Waals surface area contributed by atoms with E-state index in [1.54, 1.807) is 7.11 Å². The lowest BCUT2D eigenvalue weighted by molar-refractivity contribution is -0.155. The summed E-state index contributed by atoms with van der Waals surface area (Å²) in [6.07, 6.45) is 0.921. The van der Waals surface area contributed by atoms with E-state index in [-0.39, 0.29) is 11.8 Å². The van der Waals surface area contributed by atoms with Gasteiger partial charge in [-0.05, 0) is 37.9 Å². The van der Waals surface area contributed by atoms with Gasteiger partial charge in [-0.1, -0.05) is 13.0 Å². The molecule has 23 heavy (non-hydrogen) atoms. The van der Waals surface area contributed by atoms with E-state index in [2.05, 4.69) is 5.32 Å². The summed E-state index contributed by atoms with van der Waals surface area (Å²) in [4.78, 5) is 12.5. The fraction of sp³-hybridized carbons (Fsp3) is 0.611. The fourth-order valence-electron chi connectivity index (χ4n) is 4.94. The Labute approximate surface area is 136 Å². The lowest BCUT2D eigenvalue weighted by Gasteiger charge is -2.55. The molecule has 1 fully saturated rings. The van der Waals surface area contributed by atoms with Crippen molar-refractivity contribution < 1.29 is 19.4 Å².